The summed E-state index contributed by atoms with van der Waals surface area (Å²) in [7, 11) is 4.16. The maximum atomic E-state index is 9.37. The lowest BCUT2D eigenvalue weighted by atomic mass is 10.1. The fraction of sp³-hybridized carbons (Fsp3) is 0.263. The first kappa shape index (κ1) is 18.3. The van der Waals surface area contributed by atoms with E-state index in [1.807, 2.05) is 42.5 Å². The molecule has 0 saturated carbocycles. The summed E-state index contributed by atoms with van der Waals surface area (Å²) >= 11 is 4.28. The Kier molecular flexibility index (Phi) is 8.41. The van der Waals surface area contributed by atoms with Crippen molar-refractivity contribution in [2.24, 2.45) is 0 Å². The molecule has 0 unspecified atom stereocenters. The number of thiol groups is 1. The monoisotopic (exact) mass is 315 g/mol. The molecule has 0 aromatic heterocycles. The predicted molar refractivity (Wildman–Crippen MR) is 101 cm³/mol. The Bertz CT molecular complexity index is 614. The normalized spacial score (nSPS) is 11.2. The average molecular weight is 315 g/mol. The van der Waals surface area contributed by atoms with Gasteiger partial charge in [-0.3, -0.25) is 0 Å². The molecule has 0 amide bonds. The topological polar surface area (TPSA) is 23.5 Å². The molecular weight excluding hydrogens is 290 g/mol. The Morgan fingerprint density at radius 3 is 2.50 bits per heavy atom. The van der Waals surface area contributed by atoms with Crippen molar-refractivity contribution in [3.63, 3.8) is 0 Å². The van der Waals surface area contributed by atoms with Gasteiger partial charge in [0.15, 0.2) is 0 Å². The summed E-state index contributed by atoms with van der Waals surface area (Å²) < 4.78 is 0. The minimum absolute atomic E-state index is 0.350. The highest BCUT2D eigenvalue weighted by molar-refractivity contribution is 7.84. The Hall–Kier alpha value is -1.71. The number of aromatic hydroxyl groups is 1. The molecule has 2 nitrogen and oxygen atoms in total. The highest BCUT2D eigenvalue weighted by Crippen LogP contribution is 2.22. The summed E-state index contributed by atoms with van der Waals surface area (Å²) in [5.41, 5.74) is 0. The van der Waals surface area contributed by atoms with Crippen LogP contribution in [0.5, 0.6) is 5.75 Å². The zero-order valence-electron chi connectivity index (χ0n) is 13.4. The number of rotatable bonds is 5. The van der Waals surface area contributed by atoms with E-state index >= 15 is 0 Å². The van der Waals surface area contributed by atoms with Crippen LogP contribution >= 0.6 is 12.6 Å². The van der Waals surface area contributed by atoms with Gasteiger partial charge in [0.25, 0.3) is 0 Å². The van der Waals surface area contributed by atoms with Crippen LogP contribution in [0.1, 0.15) is 12.8 Å². The van der Waals surface area contributed by atoms with Gasteiger partial charge in [-0.05, 0) is 49.8 Å². The number of benzene rings is 2. The Morgan fingerprint density at radius 1 is 1.18 bits per heavy atom. The lowest BCUT2D eigenvalue weighted by Crippen LogP contribution is -2.12. The molecular formula is C19H25NOS. The van der Waals surface area contributed by atoms with Crippen LogP contribution in [0.25, 0.3) is 10.8 Å². The van der Waals surface area contributed by atoms with Crippen LogP contribution in [0.3, 0.4) is 0 Å². The molecule has 0 aliphatic rings. The standard InChI is InChI=1S/C10H8O.C9H17NS/c11-10-7-3-5-8-4-1-2-6-9(8)10;1-4-6-9(11)7-5-8-10(2)3/h1-7,11H;4,6,11H,1,5,7-8H2,2-3H3/b;9-6-. The van der Waals surface area contributed by atoms with Gasteiger partial charge in [-0.1, -0.05) is 55.1 Å². The average Bonchev–Trinajstić information content (AvgIpc) is 2.48. The van der Waals surface area contributed by atoms with Gasteiger partial charge in [0.2, 0.25) is 0 Å². The van der Waals surface area contributed by atoms with E-state index in [1.54, 1.807) is 12.1 Å². The molecule has 2 aromatic carbocycles. The van der Waals surface area contributed by atoms with Crippen molar-refractivity contribution < 1.29 is 5.11 Å². The molecule has 0 fully saturated rings. The molecule has 0 aliphatic heterocycles. The zero-order chi connectivity index (χ0) is 16.4. The molecule has 1 N–H and O–H groups in total. The van der Waals surface area contributed by atoms with Crippen molar-refractivity contribution in [1.29, 1.82) is 0 Å². The van der Waals surface area contributed by atoms with E-state index in [0.29, 0.717) is 5.75 Å². The second-order valence-corrected chi connectivity index (χ2v) is 5.87. The SMILES string of the molecule is C=C/C=C(\S)CCCN(C)C.Oc1cccc2ccccc12. The van der Waals surface area contributed by atoms with E-state index < -0.39 is 0 Å². The van der Waals surface area contributed by atoms with Crippen molar-refractivity contribution in [2.45, 2.75) is 12.8 Å². The summed E-state index contributed by atoms with van der Waals surface area (Å²) in [5.74, 6) is 0.350. The third kappa shape index (κ3) is 6.83. The highest BCUT2D eigenvalue weighted by atomic mass is 32.1. The predicted octanol–water partition coefficient (Wildman–Crippen LogP) is 4.87. The highest BCUT2D eigenvalue weighted by Gasteiger charge is 1.94. The van der Waals surface area contributed by atoms with Crippen LogP contribution in [0.2, 0.25) is 0 Å². The van der Waals surface area contributed by atoms with Gasteiger partial charge in [0.1, 0.15) is 5.75 Å². The Labute approximate surface area is 139 Å². The Balaban J connectivity index is 0.000000220. The van der Waals surface area contributed by atoms with E-state index in [-0.39, 0.29) is 0 Å². The van der Waals surface area contributed by atoms with Crippen LogP contribution in [-0.4, -0.2) is 30.6 Å². The number of fused-ring (bicyclic) bond motifs is 1. The molecule has 0 atom stereocenters. The van der Waals surface area contributed by atoms with Crippen molar-refractivity contribution in [3.8, 4) is 5.75 Å². The third-order valence-corrected chi connectivity index (χ3v) is 3.49. The molecule has 0 saturated heterocycles. The first-order valence-electron chi connectivity index (χ1n) is 7.36. The fourth-order valence-electron chi connectivity index (χ4n) is 2.00. The van der Waals surface area contributed by atoms with Crippen molar-refractivity contribution in [1.82, 2.24) is 4.90 Å². The number of nitrogens with zero attached hydrogens (tertiary/aromatic N) is 1. The van der Waals surface area contributed by atoms with Gasteiger partial charge in [0, 0.05) is 5.39 Å². The van der Waals surface area contributed by atoms with Crippen molar-refractivity contribution in [3.05, 3.63) is 66.1 Å². The van der Waals surface area contributed by atoms with Gasteiger partial charge in [-0.15, -0.1) is 12.6 Å². The second-order valence-electron chi connectivity index (χ2n) is 5.30. The molecule has 0 aliphatic carbocycles. The number of hydrogen-bond acceptors (Lipinski definition) is 3. The fourth-order valence-corrected chi connectivity index (χ4v) is 2.27. The van der Waals surface area contributed by atoms with Crippen LogP contribution < -0.4 is 0 Å². The largest absolute Gasteiger partial charge is 0.507 e. The molecule has 2 aromatic rings. The quantitative estimate of drug-likeness (QED) is 0.607. The van der Waals surface area contributed by atoms with E-state index in [2.05, 4.69) is 38.2 Å². The van der Waals surface area contributed by atoms with E-state index in [4.69, 9.17) is 0 Å². The number of allylic oxidation sites excluding steroid dienone is 3. The number of hydrogen-bond donors (Lipinski definition) is 2. The first-order chi connectivity index (χ1) is 10.5. The zero-order valence-corrected chi connectivity index (χ0v) is 14.3. The first-order valence-corrected chi connectivity index (χ1v) is 7.81. The molecule has 22 heavy (non-hydrogen) atoms. The lowest BCUT2D eigenvalue weighted by molar-refractivity contribution is 0.401. The van der Waals surface area contributed by atoms with Gasteiger partial charge in [-0.25, -0.2) is 0 Å². The van der Waals surface area contributed by atoms with Crippen LogP contribution in [0.4, 0.5) is 0 Å². The number of phenolic OH excluding ortho intramolecular Hbond substituents is 1. The molecule has 0 heterocycles. The lowest BCUT2D eigenvalue weighted by Gasteiger charge is -2.08. The van der Waals surface area contributed by atoms with Gasteiger partial charge in [0.05, 0.1) is 0 Å². The van der Waals surface area contributed by atoms with Gasteiger partial charge < -0.3 is 10.0 Å². The second kappa shape index (κ2) is 10.1. The third-order valence-electron chi connectivity index (χ3n) is 3.12. The summed E-state index contributed by atoms with van der Waals surface area (Å²) in [4.78, 5) is 3.29. The maximum Gasteiger partial charge on any atom is 0.123 e. The maximum absolute atomic E-state index is 9.37. The summed E-state index contributed by atoms with van der Waals surface area (Å²) in [6, 6.07) is 13.3. The Morgan fingerprint density at radius 2 is 1.86 bits per heavy atom. The molecule has 0 spiro atoms. The van der Waals surface area contributed by atoms with Gasteiger partial charge >= 0.3 is 0 Å². The summed E-state index contributed by atoms with van der Waals surface area (Å²) in [5, 5.41) is 11.4. The van der Waals surface area contributed by atoms with Crippen LogP contribution in [-0.2, 0) is 0 Å². The van der Waals surface area contributed by atoms with Crippen LogP contribution in [0.15, 0.2) is 66.1 Å². The van der Waals surface area contributed by atoms with E-state index in [9.17, 15) is 5.11 Å². The molecule has 2 rings (SSSR count). The summed E-state index contributed by atoms with van der Waals surface area (Å²) in [6.07, 6.45) is 5.93. The minimum atomic E-state index is 0.350. The molecule has 3 heteroatoms. The molecule has 0 bridgehead atoms. The van der Waals surface area contributed by atoms with E-state index in [1.165, 1.54) is 0 Å². The molecule has 0 radical (unpaired) electrons. The van der Waals surface area contributed by atoms with Crippen molar-refractivity contribution >= 4 is 23.4 Å². The summed E-state index contributed by atoms with van der Waals surface area (Å²) in [6.45, 7) is 4.73. The van der Waals surface area contributed by atoms with Gasteiger partial charge in [-0.2, -0.15) is 0 Å². The van der Waals surface area contributed by atoms with E-state index in [0.717, 1.165) is 35.1 Å². The number of phenols is 1. The molecule has 118 valence electrons. The van der Waals surface area contributed by atoms with Crippen LogP contribution in [0, 0.1) is 0 Å². The smallest absolute Gasteiger partial charge is 0.123 e. The minimum Gasteiger partial charge on any atom is -0.507 e. The van der Waals surface area contributed by atoms with Crippen molar-refractivity contribution in [2.75, 3.05) is 20.6 Å².